The molecule has 3 rings (SSSR count). The van der Waals surface area contributed by atoms with Gasteiger partial charge in [-0.05, 0) is 38.1 Å². The fraction of sp³-hybridized carbons (Fsp3) is 0.682. The summed E-state index contributed by atoms with van der Waals surface area (Å²) in [5.74, 6) is 1.71. The molecule has 162 valence electrons. The SMILES string of the molecule is CCCCN1CC[C@@H](CNC(=O)c2ccc(OC)c3c2OCCCO3)[C@H](OC)C1. The Labute approximate surface area is 173 Å². The van der Waals surface area contributed by atoms with E-state index < -0.39 is 0 Å². The second kappa shape index (κ2) is 10.7. The van der Waals surface area contributed by atoms with E-state index in [-0.39, 0.29) is 12.0 Å². The van der Waals surface area contributed by atoms with Crippen LogP contribution in [0.15, 0.2) is 12.1 Å². The number of rotatable bonds is 8. The van der Waals surface area contributed by atoms with E-state index in [4.69, 9.17) is 18.9 Å². The van der Waals surface area contributed by atoms with E-state index in [9.17, 15) is 4.79 Å². The first-order valence-electron chi connectivity index (χ1n) is 10.7. The predicted octanol–water partition coefficient (Wildman–Crippen LogP) is 2.72. The molecule has 7 heteroatoms. The number of nitrogens with zero attached hydrogens (tertiary/aromatic N) is 1. The summed E-state index contributed by atoms with van der Waals surface area (Å²) in [6, 6.07) is 3.50. The Morgan fingerprint density at radius 3 is 2.76 bits per heavy atom. The maximum absolute atomic E-state index is 12.9. The van der Waals surface area contributed by atoms with Crippen molar-refractivity contribution in [2.45, 2.75) is 38.7 Å². The molecule has 1 aromatic rings. The maximum atomic E-state index is 12.9. The molecule has 2 aliphatic heterocycles. The molecular weight excluding hydrogens is 372 g/mol. The Morgan fingerprint density at radius 2 is 2.03 bits per heavy atom. The average molecular weight is 407 g/mol. The van der Waals surface area contributed by atoms with Gasteiger partial charge >= 0.3 is 0 Å². The van der Waals surface area contributed by atoms with E-state index in [2.05, 4.69) is 17.1 Å². The number of carbonyl (C=O) groups excluding carboxylic acids is 1. The lowest BCUT2D eigenvalue weighted by Crippen LogP contribution is -2.48. The van der Waals surface area contributed by atoms with Crippen LogP contribution in [-0.4, -0.2) is 70.5 Å². The molecule has 1 fully saturated rings. The van der Waals surface area contributed by atoms with Crippen molar-refractivity contribution in [2.24, 2.45) is 5.92 Å². The van der Waals surface area contributed by atoms with E-state index in [1.807, 2.05) is 0 Å². The van der Waals surface area contributed by atoms with Crippen molar-refractivity contribution in [2.75, 3.05) is 53.6 Å². The van der Waals surface area contributed by atoms with Gasteiger partial charge in [-0.3, -0.25) is 4.79 Å². The zero-order valence-corrected chi connectivity index (χ0v) is 17.9. The molecule has 2 atom stereocenters. The number of piperidine rings is 1. The smallest absolute Gasteiger partial charge is 0.255 e. The van der Waals surface area contributed by atoms with Crippen LogP contribution >= 0.6 is 0 Å². The lowest BCUT2D eigenvalue weighted by molar-refractivity contribution is -0.0106. The molecule has 0 spiro atoms. The standard InChI is InChI=1S/C22H34N2O5/c1-4-5-10-24-11-9-16(19(15-24)27-3)14-23-22(25)17-7-8-18(26-2)21-20(17)28-12-6-13-29-21/h7-8,16,19H,4-6,9-15H2,1-3H3,(H,23,25)/t16-,19+/m0/s1. The minimum atomic E-state index is -0.155. The highest BCUT2D eigenvalue weighted by Gasteiger charge is 2.30. The van der Waals surface area contributed by atoms with Crippen molar-refractivity contribution < 1.29 is 23.7 Å². The molecular formula is C22H34N2O5. The van der Waals surface area contributed by atoms with Crippen LogP contribution in [0, 0.1) is 5.92 Å². The van der Waals surface area contributed by atoms with Crippen molar-refractivity contribution in [3.63, 3.8) is 0 Å². The first-order chi connectivity index (χ1) is 14.2. The summed E-state index contributed by atoms with van der Waals surface area (Å²) < 4.78 is 22.7. The Hall–Kier alpha value is -1.99. The summed E-state index contributed by atoms with van der Waals surface area (Å²) >= 11 is 0. The lowest BCUT2D eigenvalue weighted by Gasteiger charge is -2.37. The van der Waals surface area contributed by atoms with Crippen molar-refractivity contribution in [3.05, 3.63) is 17.7 Å². The van der Waals surface area contributed by atoms with Crippen molar-refractivity contribution in [1.29, 1.82) is 0 Å². The normalized spacial score (nSPS) is 22.0. The van der Waals surface area contributed by atoms with Crippen LogP contribution < -0.4 is 19.5 Å². The number of nitrogens with one attached hydrogen (secondary N) is 1. The highest BCUT2D eigenvalue weighted by Crippen LogP contribution is 2.41. The topological polar surface area (TPSA) is 69.3 Å². The molecule has 0 aliphatic carbocycles. The summed E-state index contributed by atoms with van der Waals surface area (Å²) in [4.78, 5) is 15.4. The number of amides is 1. The van der Waals surface area contributed by atoms with Gasteiger partial charge in [-0.25, -0.2) is 0 Å². The van der Waals surface area contributed by atoms with E-state index in [1.165, 1.54) is 12.8 Å². The van der Waals surface area contributed by atoms with Crippen LogP contribution in [0.2, 0.25) is 0 Å². The number of carbonyl (C=O) groups is 1. The van der Waals surface area contributed by atoms with Gasteiger partial charge in [0.25, 0.3) is 5.91 Å². The molecule has 1 saturated heterocycles. The molecule has 1 N–H and O–H groups in total. The monoisotopic (exact) mass is 406 g/mol. The zero-order valence-electron chi connectivity index (χ0n) is 17.9. The number of unbranched alkanes of at least 4 members (excludes halogenated alkanes) is 1. The number of fused-ring (bicyclic) bond motifs is 1. The highest BCUT2D eigenvalue weighted by atomic mass is 16.5. The second-order valence-electron chi connectivity index (χ2n) is 7.71. The van der Waals surface area contributed by atoms with E-state index >= 15 is 0 Å². The predicted molar refractivity (Wildman–Crippen MR) is 111 cm³/mol. The van der Waals surface area contributed by atoms with Crippen LogP contribution in [0.1, 0.15) is 43.0 Å². The summed E-state index contributed by atoms with van der Waals surface area (Å²) in [5.41, 5.74) is 0.483. The van der Waals surface area contributed by atoms with Gasteiger partial charge in [0.2, 0.25) is 5.75 Å². The first kappa shape index (κ1) is 21.7. The highest BCUT2D eigenvalue weighted by molar-refractivity contribution is 5.98. The molecule has 2 aliphatic rings. The molecule has 1 aromatic carbocycles. The molecule has 0 bridgehead atoms. The van der Waals surface area contributed by atoms with Gasteiger partial charge in [-0.1, -0.05) is 13.3 Å². The lowest BCUT2D eigenvalue weighted by atomic mass is 9.93. The largest absolute Gasteiger partial charge is 0.493 e. The number of benzene rings is 1. The van der Waals surface area contributed by atoms with Crippen LogP contribution in [0.3, 0.4) is 0 Å². The van der Waals surface area contributed by atoms with Gasteiger partial charge in [-0.2, -0.15) is 0 Å². The molecule has 7 nitrogen and oxygen atoms in total. The first-order valence-corrected chi connectivity index (χ1v) is 10.7. The third-order valence-corrected chi connectivity index (χ3v) is 5.76. The summed E-state index contributed by atoms with van der Waals surface area (Å²) in [6.07, 6.45) is 4.33. The molecule has 0 saturated carbocycles. The van der Waals surface area contributed by atoms with Gasteiger partial charge in [0.1, 0.15) is 0 Å². The van der Waals surface area contributed by atoms with Crippen molar-refractivity contribution in [1.82, 2.24) is 10.2 Å². The zero-order chi connectivity index (χ0) is 20.6. The Bertz CT molecular complexity index is 681. The minimum Gasteiger partial charge on any atom is -0.493 e. The third-order valence-electron chi connectivity index (χ3n) is 5.76. The van der Waals surface area contributed by atoms with Crippen LogP contribution in [0.5, 0.6) is 17.2 Å². The summed E-state index contributed by atoms with van der Waals surface area (Å²) in [5, 5.41) is 3.09. The van der Waals surface area contributed by atoms with Crippen LogP contribution in [0.25, 0.3) is 0 Å². The number of hydrogen-bond donors (Lipinski definition) is 1. The Morgan fingerprint density at radius 1 is 1.24 bits per heavy atom. The summed E-state index contributed by atoms with van der Waals surface area (Å²) in [7, 11) is 3.35. The summed E-state index contributed by atoms with van der Waals surface area (Å²) in [6.45, 7) is 6.94. The minimum absolute atomic E-state index is 0.133. The van der Waals surface area contributed by atoms with E-state index in [1.54, 1.807) is 26.4 Å². The molecule has 0 unspecified atom stereocenters. The molecule has 29 heavy (non-hydrogen) atoms. The van der Waals surface area contributed by atoms with E-state index in [0.29, 0.717) is 48.5 Å². The molecule has 0 aromatic heterocycles. The number of ether oxygens (including phenoxy) is 4. The van der Waals surface area contributed by atoms with E-state index in [0.717, 1.165) is 32.5 Å². The average Bonchev–Trinajstić information content (AvgIpc) is 3.01. The maximum Gasteiger partial charge on any atom is 0.255 e. The fourth-order valence-electron chi connectivity index (χ4n) is 4.00. The van der Waals surface area contributed by atoms with Gasteiger partial charge in [-0.15, -0.1) is 0 Å². The quantitative estimate of drug-likeness (QED) is 0.716. The Balaban J connectivity index is 1.63. The molecule has 2 heterocycles. The van der Waals surface area contributed by atoms with Gasteiger partial charge in [0.15, 0.2) is 11.5 Å². The van der Waals surface area contributed by atoms with Crippen molar-refractivity contribution in [3.8, 4) is 17.2 Å². The third kappa shape index (κ3) is 5.34. The van der Waals surface area contributed by atoms with Crippen molar-refractivity contribution >= 4 is 5.91 Å². The molecule has 1 amide bonds. The number of methoxy groups -OCH3 is 2. The van der Waals surface area contributed by atoms with Gasteiger partial charge in [0.05, 0.1) is 32.0 Å². The van der Waals surface area contributed by atoms with Crippen LogP contribution in [0.4, 0.5) is 0 Å². The number of hydrogen-bond acceptors (Lipinski definition) is 6. The van der Waals surface area contributed by atoms with Gasteiger partial charge in [0, 0.05) is 32.5 Å². The second-order valence-corrected chi connectivity index (χ2v) is 7.71. The Kier molecular flexibility index (Phi) is 8.00. The fourth-order valence-corrected chi connectivity index (χ4v) is 4.00. The number of likely N-dealkylation sites (tertiary alicyclic amines) is 1. The molecule has 0 radical (unpaired) electrons. The van der Waals surface area contributed by atoms with Crippen LogP contribution in [-0.2, 0) is 4.74 Å². The van der Waals surface area contributed by atoms with Gasteiger partial charge < -0.3 is 29.2 Å².